The summed E-state index contributed by atoms with van der Waals surface area (Å²) in [6.45, 7) is 1.74. The maximum atomic E-state index is 13.7. The van der Waals surface area contributed by atoms with Crippen molar-refractivity contribution in [2.24, 2.45) is 0 Å². The van der Waals surface area contributed by atoms with E-state index in [2.05, 4.69) is 36.1 Å². The predicted molar refractivity (Wildman–Crippen MR) is 123 cm³/mol. The third kappa shape index (κ3) is 5.52. The van der Waals surface area contributed by atoms with Crippen LogP contribution in [0.15, 0.2) is 48.9 Å². The normalized spacial score (nSPS) is 16.9. The van der Waals surface area contributed by atoms with Crippen LogP contribution in [-0.2, 0) is 11.2 Å². The summed E-state index contributed by atoms with van der Waals surface area (Å²) in [6, 6.07) is 9.83. The first-order chi connectivity index (χ1) is 15.6. The number of nitrogens with zero attached hydrogens (tertiary/aromatic N) is 4. The van der Waals surface area contributed by atoms with Gasteiger partial charge in [0.15, 0.2) is 3.95 Å². The Morgan fingerprint density at radius 3 is 2.84 bits per heavy atom. The number of amides is 3. The van der Waals surface area contributed by atoms with Crippen molar-refractivity contribution in [3.8, 4) is 0 Å². The number of hydrogen-bond acceptors (Lipinski definition) is 8. The summed E-state index contributed by atoms with van der Waals surface area (Å²) >= 11 is 6.14. The number of rotatable bonds is 6. The van der Waals surface area contributed by atoms with Gasteiger partial charge in [0, 0.05) is 32.3 Å². The number of piperazine rings is 1. The van der Waals surface area contributed by atoms with Crippen LogP contribution in [0.2, 0.25) is 0 Å². The van der Waals surface area contributed by atoms with Gasteiger partial charge < -0.3 is 15.5 Å². The van der Waals surface area contributed by atoms with Gasteiger partial charge in [0.05, 0.1) is 11.7 Å². The minimum absolute atomic E-state index is 0.177. The van der Waals surface area contributed by atoms with Crippen molar-refractivity contribution in [1.29, 1.82) is 0 Å². The number of nitrogens with one attached hydrogen (secondary N) is 4. The highest BCUT2D eigenvalue weighted by atomic mass is 32.1. The molecular weight excluding hydrogens is 448 g/mol. The molecular formula is C20H22N8O2S2. The molecule has 1 saturated heterocycles. The number of carbonyl (C=O) groups excluding carboxylic acids is 2. The molecule has 2 atom stereocenters. The molecule has 0 radical (unpaired) electrons. The Balaban J connectivity index is 1.55. The minimum atomic E-state index is -0.772. The van der Waals surface area contributed by atoms with Gasteiger partial charge in [0.1, 0.15) is 12.4 Å². The lowest BCUT2D eigenvalue weighted by Crippen LogP contribution is -2.56. The molecule has 166 valence electrons. The Hall–Kier alpha value is -3.22. The zero-order chi connectivity index (χ0) is 22.3. The Morgan fingerprint density at radius 1 is 1.28 bits per heavy atom. The first-order valence-electron chi connectivity index (χ1n) is 10.0. The van der Waals surface area contributed by atoms with Crippen molar-refractivity contribution in [3.63, 3.8) is 0 Å². The van der Waals surface area contributed by atoms with E-state index in [1.165, 1.54) is 6.33 Å². The zero-order valence-corrected chi connectivity index (χ0v) is 18.7. The molecule has 1 aliphatic heterocycles. The van der Waals surface area contributed by atoms with Crippen LogP contribution in [0.1, 0.15) is 17.3 Å². The first kappa shape index (κ1) is 22.0. The van der Waals surface area contributed by atoms with E-state index < -0.39 is 12.1 Å². The number of carbonyl (C=O) groups is 2. The highest BCUT2D eigenvalue weighted by molar-refractivity contribution is 7.73. The van der Waals surface area contributed by atoms with Crippen LogP contribution < -0.4 is 16.0 Å². The number of anilines is 1. The monoisotopic (exact) mass is 470 g/mol. The van der Waals surface area contributed by atoms with Gasteiger partial charge in [0.25, 0.3) is 0 Å². The Morgan fingerprint density at radius 2 is 2.12 bits per heavy atom. The van der Waals surface area contributed by atoms with E-state index in [0.29, 0.717) is 35.1 Å². The van der Waals surface area contributed by atoms with E-state index in [0.717, 1.165) is 22.6 Å². The van der Waals surface area contributed by atoms with Crippen LogP contribution in [0.4, 0.5) is 9.93 Å². The summed E-state index contributed by atoms with van der Waals surface area (Å²) in [4.78, 5) is 36.4. The summed E-state index contributed by atoms with van der Waals surface area (Å²) in [6.07, 6.45) is 3.48. The summed E-state index contributed by atoms with van der Waals surface area (Å²) in [5, 5.41) is 15.6. The van der Waals surface area contributed by atoms with E-state index in [1.54, 1.807) is 17.2 Å². The molecule has 10 nitrogen and oxygen atoms in total. The number of aromatic nitrogens is 4. The van der Waals surface area contributed by atoms with Crippen molar-refractivity contribution in [1.82, 2.24) is 35.7 Å². The van der Waals surface area contributed by atoms with E-state index in [9.17, 15) is 9.59 Å². The molecule has 0 saturated carbocycles. The van der Waals surface area contributed by atoms with Gasteiger partial charge in [-0.3, -0.25) is 15.2 Å². The van der Waals surface area contributed by atoms with E-state index >= 15 is 0 Å². The van der Waals surface area contributed by atoms with Crippen molar-refractivity contribution in [2.45, 2.75) is 18.5 Å². The van der Waals surface area contributed by atoms with Crippen LogP contribution >= 0.6 is 23.6 Å². The summed E-state index contributed by atoms with van der Waals surface area (Å²) in [5.74, 6) is -0.177. The molecule has 4 N–H and O–H groups in total. The fourth-order valence-corrected chi connectivity index (χ4v) is 4.34. The second-order valence-corrected chi connectivity index (χ2v) is 8.81. The smallest absolute Gasteiger partial charge is 0.321 e. The summed E-state index contributed by atoms with van der Waals surface area (Å²) in [5.41, 5.74) is 1.69. The van der Waals surface area contributed by atoms with Crippen molar-refractivity contribution in [3.05, 3.63) is 64.1 Å². The third-order valence-corrected chi connectivity index (χ3v) is 6.02. The second kappa shape index (κ2) is 10.4. The maximum absolute atomic E-state index is 13.7. The van der Waals surface area contributed by atoms with Gasteiger partial charge in [-0.1, -0.05) is 41.7 Å². The molecule has 0 bridgehead atoms. The lowest BCUT2D eigenvalue weighted by molar-refractivity contribution is -0.136. The number of H-pyrrole nitrogens is 1. The van der Waals surface area contributed by atoms with Gasteiger partial charge in [-0.15, -0.1) is 5.10 Å². The van der Waals surface area contributed by atoms with E-state index in [1.807, 2.05) is 30.3 Å². The van der Waals surface area contributed by atoms with Gasteiger partial charge in [-0.05, 0) is 23.8 Å². The Bertz CT molecular complexity index is 1110. The SMILES string of the molecule is O=C(Nc1n[nH]c(=S)s1)NC(Cc1ccccc1)C(=O)N1CCNC[C@H]1c1ccncn1. The quantitative estimate of drug-likeness (QED) is 0.405. The average Bonchev–Trinajstić information content (AvgIpc) is 3.23. The average molecular weight is 471 g/mol. The molecule has 3 aromatic rings. The molecule has 3 heterocycles. The molecule has 1 aromatic carbocycles. The van der Waals surface area contributed by atoms with Crippen LogP contribution in [0.3, 0.4) is 0 Å². The standard InChI is InChI=1S/C20H22N8O2S2/c29-17(28-9-8-21-11-16(28)14-6-7-22-12-23-14)15(10-13-4-2-1-3-5-13)24-18(30)25-19-26-27-20(31)32-19/h1-7,12,15-16,21H,8-11H2,(H,27,31)(H2,24,25,26,30)/t15?,16-/m0/s1. The Labute approximate surface area is 193 Å². The van der Waals surface area contributed by atoms with Crippen molar-refractivity contribution in [2.75, 3.05) is 25.0 Å². The number of urea groups is 1. The van der Waals surface area contributed by atoms with Crippen molar-refractivity contribution < 1.29 is 9.59 Å². The molecule has 2 aromatic heterocycles. The molecule has 4 rings (SSSR count). The predicted octanol–water partition coefficient (Wildman–Crippen LogP) is 1.90. The molecule has 0 spiro atoms. The van der Waals surface area contributed by atoms with Crippen molar-refractivity contribution >= 4 is 40.6 Å². The molecule has 1 unspecified atom stereocenters. The maximum Gasteiger partial charge on any atom is 0.321 e. The third-order valence-electron chi connectivity index (χ3n) is 5.02. The highest BCUT2D eigenvalue weighted by Crippen LogP contribution is 2.22. The van der Waals surface area contributed by atoms with Crippen LogP contribution in [0.25, 0.3) is 0 Å². The van der Waals surface area contributed by atoms with Gasteiger partial charge in [0.2, 0.25) is 11.0 Å². The molecule has 3 amide bonds. The number of aromatic amines is 1. The van der Waals surface area contributed by atoms with Crippen LogP contribution in [0, 0.1) is 3.95 Å². The topological polar surface area (TPSA) is 128 Å². The summed E-state index contributed by atoms with van der Waals surface area (Å²) < 4.78 is 0.450. The second-order valence-electron chi connectivity index (χ2n) is 7.14. The van der Waals surface area contributed by atoms with Crippen LogP contribution in [0.5, 0.6) is 0 Å². The highest BCUT2D eigenvalue weighted by Gasteiger charge is 2.34. The van der Waals surface area contributed by atoms with Gasteiger partial charge >= 0.3 is 6.03 Å². The van der Waals surface area contributed by atoms with Crippen LogP contribution in [-0.4, -0.2) is 62.7 Å². The molecule has 32 heavy (non-hydrogen) atoms. The molecule has 0 aliphatic carbocycles. The molecule has 1 aliphatic rings. The summed E-state index contributed by atoms with van der Waals surface area (Å²) in [7, 11) is 0. The van der Waals surface area contributed by atoms with E-state index in [4.69, 9.17) is 12.2 Å². The number of benzene rings is 1. The minimum Gasteiger partial charge on any atom is -0.330 e. The molecule has 12 heteroatoms. The van der Waals surface area contributed by atoms with Gasteiger partial charge in [-0.25, -0.2) is 14.8 Å². The van der Waals surface area contributed by atoms with E-state index in [-0.39, 0.29) is 11.9 Å². The largest absolute Gasteiger partial charge is 0.330 e. The number of hydrogen-bond donors (Lipinski definition) is 4. The fraction of sp³-hybridized carbons (Fsp3) is 0.300. The fourth-order valence-electron chi connectivity index (χ4n) is 3.56. The Kier molecular flexibility index (Phi) is 7.14. The lowest BCUT2D eigenvalue weighted by Gasteiger charge is -2.38. The molecule has 1 fully saturated rings. The lowest BCUT2D eigenvalue weighted by atomic mass is 10.0. The zero-order valence-electron chi connectivity index (χ0n) is 17.0. The first-order valence-corrected chi connectivity index (χ1v) is 11.3. The van der Waals surface area contributed by atoms with Gasteiger partial charge in [-0.2, -0.15) is 0 Å².